The summed E-state index contributed by atoms with van der Waals surface area (Å²) in [6, 6.07) is 0. The van der Waals surface area contributed by atoms with Crippen molar-refractivity contribution in [2.75, 3.05) is 0 Å². The minimum Gasteiger partial charge on any atom is -0.0669 e. The Morgan fingerprint density at radius 3 is 2.23 bits per heavy atom. The van der Waals surface area contributed by atoms with Gasteiger partial charge in [-0.1, -0.05) is 65.0 Å². The third kappa shape index (κ3) is 2.75. The smallest absolute Gasteiger partial charge is 0.0669 e. The van der Waals surface area contributed by atoms with E-state index in [0.29, 0.717) is 5.31 Å². The number of hydrogen-bond donors (Lipinski definition) is 0. The third-order valence-corrected chi connectivity index (χ3v) is 4.06. The molecule has 0 bridgehead atoms. The molecule has 0 aromatic heterocycles. The van der Waals surface area contributed by atoms with E-state index in [4.69, 9.17) is 0 Å². The topological polar surface area (TPSA) is 0 Å². The highest BCUT2D eigenvalue weighted by Crippen LogP contribution is 2.44. The van der Waals surface area contributed by atoms with Gasteiger partial charge in [-0.25, -0.2) is 0 Å². The van der Waals surface area contributed by atoms with Crippen LogP contribution in [0.25, 0.3) is 0 Å². The molecule has 0 N–H and O–H groups in total. The molecule has 0 saturated heterocycles. The van der Waals surface area contributed by atoms with Crippen LogP contribution >= 0.6 is 0 Å². The van der Waals surface area contributed by atoms with Gasteiger partial charge >= 0.3 is 0 Å². The monoisotopic (exact) mass is 179 g/mol. The van der Waals surface area contributed by atoms with Crippen LogP contribution in [0.1, 0.15) is 53.9 Å². The maximum atomic E-state index is 2.62. The summed E-state index contributed by atoms with van der Waals surface area (Å²) in [5, 5.41) is 0.420. The van der Waals surface area contributed by atoms with E-state index in [-0.39, 0.29) is 0 Å². The molecule has 0 aliphatic heterocycles. The van der Waals surface area contributed by atoms with Crippen molar-refractivity contribution in [3.8, 4) is 0 Å². The molecule has 0 aromatic carbocycles. The second kappa shape index (κ2) is 4.06. The van der Waals surface area contributed by atoms with Crippen molar-refractivity contribution in [2.24, 2.45) is 11.8 Å². The zero-order valence-corrected chi connectivity index (χ0v) is 9.93. The van der Waals surface area contributed by atoms with Crippen molar-refractivity contribution in [3.05, 3.63) is 0 Å². The molecule has 13 heavy (non-hydrogen) atoms. The Bertz CT molecular complexity index is 161. The van der Waals surface area contributed by atoms with Gasteiger partial charge in [0.2, 0.25) is 0 Å². The summed E-state index contributed by atoms with van der Waals surface area (Å²) >= 11 is 0. The van der Waals surface area contributed by atoms with Gasteiger partial charge in [-0.15, -0.1) is 0 Å². The Morgan fingerprint density at radius 1 is 1.23 bits per heavy atom. The van der Waals surface area contributed by atoms with Gasteiger partial charge in [0.05, 0.1) is 0 Å². The van der Waals surface area contributed by atoms with Gasteiger partial charge in [0, 0.05) is 0 Å². The standard InChI is InChI=1S/C12H24B/c1-9(2)12(4,5)13-11-8-6-7-10(11)3/h9-11H,6-8H2,1-5H3. The fourth-order valence-corrected chi connectivity index (χ4v) is 2.17. The van der Waals surface area contributed by atoms with E-state index in [1.165, 1.54) is 19.3 Å². The molecular formula is C12H24B. The van der Waals surface area contributed by atoms with Crippen molar-refractivity contribution in [2.45, 2.75) is 65.0 Å². The minimum atomic E-state index is 0.420. The van der Waals surface area contributed by atoms with Gasteiger partial charge in [0.15, 0.2) is 0 Å². The molecule has 1 saturated carbocycles. The average molecular weight is 179 g/mol. The van der Waals surface area contributed by atoms with Gasteiger partial charge in [-0.05, 0) is 11.8 Å². The van der Waals surface area contributed by atoms with Gasteiger partial charge in [0.1, 0.15) is 7.28 Å². The molecule has 1 fully saturated rings. The van der Waals surface area contributed by atoms with Crippen molar-refractivity contribution in [3.63, 3.8) is 0 Å². The largest absolute Gasteiger partial charge is 0.122 e. The Balaban J connectivity index is 2.47. The van der Waals surface area contributed by atoms with Crippen LogP contribution in [0.4, 0.5) is 0 Å². The molecule has 1 heteroatoms. The average Bonchev–Trinajstić information content (AvgIpc) is 2.35. The molecule has 0 nitrogen and oxygen atoms in total. The zero-order valence-electron chi connectivity index (χ0n) is 9.93. The minimum absolute atomic E-state index is 0.420. The molecular weight excluding hydrogens is 155 g/mol. The summed E-state index contributed by atoms with van der Waals surface area (Å²) in [5.41, 5.74) is 0. The van der Waals surface area contributed by atoms with Gasteiger partial charge < -0.3 is 0 Å². The first-order valence-electron chi connectivity index (χ1n) is 5.79. The molecule has 1 aliphatic rings. The highest BCUT2D eigenvalue weighted by atomic mass is 14.3. The summed E-state index contributed by atoms with van der Waals surface area (Å²) in [6.07, 6.45) is 4.31. The van der Waals surface area contributed by atoms with Crippen LogP contribution in [0.5, 0.6) is 0 Å². The predicted octanol–water partition coefficient (Wildman–Crippen LogP) is 4.15. The van der Waals surface area contributed by atoms with Crippen molar-refractivity contribution >= 4 is 7.28 Å². The maximum Gasteiger partial charge on any atom is 0.122 e. The van der Waals surface area contributed by atoms with Crippen molar-refractivity contribution in [1.82, 2.24) is 0 Å². The van der Waals surface area contributed by atoms with Crippen molar-refractivity contribution < 1.29 is 0 Å². The lowest BCUT2D eigenvalue weighted by molar-refractivity contribution is 0.459. The fourth-order valence-electron chi connectivity index (χ4n) is 2.17. The van der Waals surface area contributed by atoms with Crippen LogP contribution in [0, 0.1) is 11.8 Å². The zero-order chi connectivity index (χ0) is 10.1. The summed E-state index contributed by atoms with van der Waals surface area (Å²) in [6.45, 7) is 11.8. The van der Waals surface area contributed by atoms with E-state index in [2.05, 4.69) is 41.9 Å². The third-order valence-electron chi connectivity index (χ3n) is 4.06. The lowest BCUT2D eigenvalue weighted by Crippen LogP contribution is -2.24. The second-order valence-corrected chi connectivity index (χ2v) is 5.71. The SMILES string of the molecule is CC1CCCC1[B]C(C)(C)C(C)C. The first-order chi connectivity index (χ1) is 5.93. The quantitative estimate of drug-likeness (QED) is 0.571. The van der Waals surface area contributed by atoms with Crippen LogP contribution in [-0.2, 0) is 0 Å². The number of rotatable bonds is 3. The number of hydrogen-bond acceptors (Lipinski definition) is 0. The van der Waals surface area contributed by atoms with E-state index in [0.717, 1.165) is 17.7 Å². The summed E-state index contributed by atoms with van der Waals surface area (Å²) in [7, 11) is 2.62. The predicted molar refractivity (Wildman–Crippen MR) is 61.4 cm³/mol. The molecule has 75 valence electrons. The van der Waals surface area contributed by atoms with Gasteiger partial charge in [-0.2, -0.15) is 0 Å². The molecule has 0 amide bonds. The summed E-state index contributed by atoms with van der Waals surface area (Å²) < 4.78 is 0. The Labute approximate surface area is 84.7 Å². The van der Waals surface area contributed by atoms with E-state index >= 15 is 0 Å². The fraction of sp³-hybridized carbons (Fsp3) is 1.00. The highest BCUT2D eigenvalue weighted by molar-refractivity contribution is 6.42. The highest BCUT2D eigenvalue weighted by Gasteiger charge is 2.32. The molecule has 1 radical (unpaired) electrons. The molecule has 0 spiro atoms. The Morgan fingerprint density at radius 2 is 1.85 bits per heavy atom. The lowest BCUT2D eigenvalue weighted by Gasteiger charge is -2.32. The van der Waals surface area contributed by atoms with E-state index in [1.807, 2.05) is 0 Å². The van der Waals surface area contributed by atoms with Gasteiger partial charge in [-0.3, -0.25) is 0 Å². The van der Waals surface area contributed by atoms with Crippen LogP contribution in [0.3, 0.4) is 0 Å². The maximum absolute atomic E-state index is 2.62. The van der Waals surface area contributed by atoms with Gasteiger partial charge in [0.25, 0.3) is 0 Å². The Hall–Kier alpha value is 0.0649. The van der Waals surface area contributed by atoms with Crippen LogP contribution in [0.2, 0.25) is 11.1 Å². The van der Waals surface area contributed by atoms with E-state index < -0.39 is 0 Å². The molecule has 0 heterocycles. The second-order valence-electron chi connectivity index (χ2n) is 5.71. The molecule has 2 unspecified atom stereocenters. The molecule has 2 atom stereocenters. The van der Waals surface area contributed by atoms with Crippen LogP contribution in [0.15, 0.2) is 0 Å². The normalized spacial score (nSPS) is 29.7. The van der Waals surface area contributed by atoms with E-state index in [9.17, 15) is 0 Å². The molecule has 1 aliphatic carbocycles. The summed E-state index contributed by atoms with van der Waals surface area (Å²) in [4.78, 5) is 0. The Kier molecular flexibility index (Phi) is 3.48. The van der Waals surface area contributed by atoms with Crippen LogP contribution in [-0.4, -0.2) is 7.28 Å². The first kappa shape index (κ1) is 11.1. The lowest BCUT2D eigenvalue weighted by atomic mass is 9.42. The summed E-state index contributed by atoms with van der Waals surface area (Å²) in [5.74, 6) is 2.58. The molecule has 0 aromatic rings. The van der Waals surface area contributed by atoms with E-state index in [1.54, 1.807) is 0 Å². The van der Waals surface area contributed by atoms with Crippen molar-refractivity contribution in [1.29, 1.82) is 0 Å². The molecule has 1 rings (SSSR count). The van der Waals surface area contributed by atoms with Crippen LogP contribution < -0.4 is 0 Å². The first-order valence-corrected chi connectivity index (χ1v) is 5.79.